The number of hydrogen-bond donors (Lipinski definition) is 1. The molecule has 0 bridgehead atoms. The molecule has 3 unspecified atom stereocenters. The van der Waals surface area contributed by atoms with E-state index in [-0.39, 0.29) is 33.0 Å². The second-order valence-electron chi connectivity index (χ2n) is 8.48. The van der Waals surface area contributed by atoms with E-state index in [4.69, 9.17) is 4.74 Å². The number of nitrogens with zero attached hydrogens (tertiary/aromatic N) is 3. The smallest absolute Gasteiger partial charge is 0.371 e. The van der Waals surface area contributed by atoms with Gasteiger partial charge >= 0.3 is 6.18 Å². The Morgan fingerprint density at radius 2 is 2.06 bits per heavy atom. The number of piperidine rings is 1. The fourth-order valence-corrected chi connectivity index (χ4v) is 5.45. The van der Waals surface area contributed by atoms with Crippen LogP contribution < -0.4 is 5.43 Å². The molecule has 11 heteroatoms. The van der Waals surface area contributed by atoms with E-state index in [2.05, 4.69) is 10.4 Å². The highest BCUT2D eigenvalue weighted by atomic mass is 31.1. The number of amides is 2. The highest BCUT2D eigenvalue weighted by Crippen LogP contribution is 2.41. The minimum Gasteiger partial charge on any atom is -0.371 e. The Hall–Kier alpha value is -3.23. The first-order valence-corrected chi connectivity index (χ1v) is 12.4. The predicted octanol–water partition coefficient (Wildman–Crippen LogP) is 4.59. The molecule has 1 saturated heterocycles. The van der Waals surface area contributed by atoms with Gasteiger partial charge in [0.25, 0.3) is 5.91 Å². The zero-order chi connectivity index (χ0) is 25.9. The summed E-state index contributed by atoms with van der Waals surface area (Å²) in [5.41, 5.74) is 3.44. The first kappa shape index (κ1) is 25.9. The van der Waals surface area contributed by atoms with Gasteiger partial charge in [0, 0.05) is 25.9 Å². The van der Waals surface area contributed by atoms with Gasteiger partial charge in [-0.3, -0.25) is 20.0 Å². The van der Waals surface area contributed by atoms with Crippen molar-refractivity contribution < 1.29 is 27.5 Å². The van der Waals surface area contributed by atoms with Crippen LogP contribution in [0.4, 0.5) is 13.2 Å². The summed E-state index contributed by atoms with van der Waals surface area (Å²) in [4.78, 5) is 29.8. The maximum atomic E-state index is 13.5. The first-order chi connectivity index (χ1) is 17.2. The largest absolute Gasteiger partial charge is 0.416 e. The Balaban J connectivity index is 1.43. The van der Waals surface area contributed by atoms with Crippen molar-refractivity contribution in [3.05, 3.63) is 83.2 Å². The van der Waals surface area contributed by atoms with Crippen LogP contribution in [0.1, 0.15) is 35.6 Å². The molecule has 3 heterocycles. The van der Waals surface area contributed by atoms with Crippen LogP contribution >= 0.6 is 8.58 Å². The van der Waals surface area contributed by atoms with Crippen LogP contribution in [-0.2, 0) is 20.5 Å². The molecule has 0 spiro atoms. The summed E-state index contributed by atoms with van der Waals surface area (Å²) >= 11 is 0. The van der Waals surface area contributed by atoms with Crippen molar-refractivity contribution in [1.82, 2.24) is 20.0 Å². The highest BCUT2D eigenvalue weighted by Gasteiger charge is 2.39. The molecule has 1 aromatic heterocycles. The number of aromatic nitrogens is 2. The van der Waals surface area contributed by atoms with Gasteiger partial charge in [-0.1, -0.05) is 32.9 Å². The third kappa shape index (κ3) is 5.77. The summed E-state index contributed by atoms with van der Waals surface area (Å²) in [6.07, 6.45) is 6.56. The Bertz CT molecular complexity index is 1240. The molecule has 7 nitrogen and oxygen atoms in total. The fraction of sp³-hybridized carbons (Fsp3) is 0.320. The second-order valence-corrected chi connectivity index (χ2v) is 9.87. The van der Waals surface area contributed by atoms with Gasteiger partial charge < -0.3 is 9.30 Å². The number of alkyl halides is 3. The average Bonchev–Trinajstić information content (AvgIpc) is 3.29. The predicted molar refractivity (Wildman–Crippen MR) is 131 cm³/mol. The number of aryl methyl sites for hydroxylation is 1. The quantitative estimate of drug-likeness (QED) is 0.448. The van der Waals surface area contributed by atoms with E-state index < -0.39 is 29.5 Å². The summed E-state index contributed by atoms with van der Waals surface area (Å²) in [6.45, 7) is 2.13. The van der Waals surface area contributed by atoms with Gasteiger partial charge in [0.05, 0.1) is 29.2 Å². The lowest BCUT2D eigenvalue weighted by Gasteiger charge is -2.33. The number of nitrogens with one attached hydrogen (secondary N) is 1. The number of allylic oxidation sites excluding steroid dienone is 4. The first-order valence-electron chi connectivity index (χ1n) is 11.4. The molecule has 1 fully saturated rings. The van der Waals surface area contributed by atoms with Crippen molar-refractivity contribution in [3.63, 3.8) is 0 Å². The van der Waals surface area contributed by atoms with Gasteiger partial charge in [0.2, 0.25) is 5.91 Å². The number of benzene rings is 1. The molecule has 2 aliphatic rings. The molecule has 0 saturated carbocycles. The third-order valence-electron chi connectivity index (χ3n) is 5.99. The molecule has 2 aliphatic heterocycles. The van der Waals surface area contributed by atoms with Crippen molar-refractivity contribution in [3.8, 4) is 0 Å². The number of carbonyl (C=O) groups is 2. The molecule has 1 aromatic carbocycles. The number of carbonyl (C=O) groups excluding carboxylic acids is 2. The molecule has 4 rings (SSSR count). The molecular weight excluding hydrogens is 492 g/mol. The second kappa shape index (κ2) is 10.8. The van der Waals surface area contributed by atoms with Crippen molar-refractivity contribution in [1.29, 1.82) is 0 Å². The van der Waals surface area contributed by atoms with Crippen LogP contribution in [0, 0.1) is 6.92 Å². The van der Waals surface area contributed by atoms with Gasteiger partial charge in [-0.25, -0.2) is 4.98 Å². The Labute approximate surface area is 208 Å². The third-order valence-corrected chi connectivity index (χ3v) is 7.45. The number of halogens is 3. The molecule has 1 N–H and O–H groups in total. The summed E-state index contributed by atoms with van der Waals surface area (Å²) < 4.78 is 47.9. The van der Waals surface area contributed by atoms with Crippen LogP contribution in [0.25, 0.3) is 5.70 Å². The Morgan fingerprint density at radius 1 is 1.28 bits per heavy atom. The van der Waals surface area contributed by atoms with E-state index in [9.17, 15) is 22.8 Å². The van der Waals surface area contributed by atoms with Crippen molar-refractivity contribution in [2.45, 2.75) is 37.7 Å². The molecule has 3 atom stereocenters. The molecular formula is C25H26F3N4O3P. The zero-order valence-corrected chi connectivity index (χ0v) is 20.7. The lowest BCUT2D eigenvalue weighted by atomic mass is 9.87. The lowest BCUT2D eigenvalue weighted by molar-refractivity contribution is -0.145. The van der Waals surface area contributed by atoms with Gasteiger partial charge in [-0.05, 0) is 48.9 Å². The van der Waals surface area contributed by atoms with E-state index in [0.717, 1.165) is 27.8 Å². The maximum absolute atomic E-state index is 13.5. The van der Waals surface area contributed by atoms with E-state index in [0.29, 0.717) is 6.42 Å². The summed E-state index contributed by atoms with van der Waals surface area (Å²) in [5.74, 6) is -2.26. The minimum atomic E-state index is -4.56. The normalized spacial score (nSPS) is 21.6. The van der Waals surface area contributed by atoms with E-state index in [1.54, 1.807) is 19.5 Å². The number of hydrogen-bond acceptors (Lipinski definition) is 4. The van der Waals surface area contributed by atoms with Crippen LogP contribution in [0.2, 0.25) is 0 Å². The van der Waals surface area contributed by atoms with Crippen LogP contribution in [0.5, 0.6) is 0 Å². The number of imidazole rings is 1. The van der Waals surface area contributed by atoms with Crippen molar-refractivity contribution in [2.75, 3.05) is 13.7 Å². The van der Waals surface area contributed by atoms with Gasteiger partial charge in [-0.2, -0.15) is 13.2 Å². The summed E-state index contributed by atoms with van der Waals surface area (Å²) in [5, 5.41) is 1.99. The Morgan fingerprint density at radius 3 is 2.75 bits per heavy atom. The SMILES string of the molecule is COC1PC(/C=C/C(=O)NN2CCCC(c3ccccc3C(F)(F)F)C2=O)=CC=C1n1cnc(C)c1. The number of hydrazine groups is 1. The Kier molecular flexibility index (Phi) is 7.76. The minimum absolute atomic E-state index is 0.0701. The van der Waals surface area contributed by atoms with Gasteiger partial charge in [0.1, 0.15) is 5.85 Å². The molecule has 2 amide bonds. The zero-order valence-electron chi connectivity index (χ0n) is 19.7. The van der Waals surface area contributed by atoms with Gasteiger partial charge in [-0.15, -0.1) is 0 Å². The lowest BCUT2D eigenvalue weighted by Crippen LogP contribution is -2.50. The number of rotatable bonds is 6. The molecule has 0 radical (unpaired) electrons. The van der Waals surface area contributed by atoms with E-state index in [1.165, 1.54) is 24.3 Å². The maximum Gasteiger partial charge on any atom is 0.416 e. The monoisotopic (exact) mass is 518 g/mol. The molecule has 0 aliphatic carbocycles. The average molecular weight is 518 g/mol. The molecule has 190 valence electrons. The number of ether oxygens (including phenoxy) is 1. The summed E-state index contributed by atoms with van der Waals surface area (Å²) in [7, 11) is 1.85. The van der Waals surface area contributed by atoms with Crippen LogP contribution in [-0.4, -0.2) is 45.9 Å². The number of methoxy groups -OCH3 is 1. The van der Waals surface area contributed by atoms with Crippen molar-refractivity contribution in [2.24, 2.45) is 0 Å². The van der Waals surface area contributed by atoms with Gasteiger partial charge in [0.15, 0.2) is 0 Å². The standard InChI is InChI=1S/C25H26F3N4O3P/c1-16-14-31(15-29-16)21-11-9-17(36-24(21)35-2)10-12-22(33)30-32-13-5-7-19(23(32)34)18-6-3-4-8-20(18)25(26,27)28/h3-4,6,8-12,14-15,19,24,36H,5,7,13H2,1-2H3,(H,30,33)/b12-10+. The van der Waals surface area contributed by atoms with Crippen LogP contribution in [0.15, 0.2) is 66.4 Å². The fourth-order valence-electron chi connectivity index (χ4n) is 4.27. The summed E-state index contributed by atoms with van der Waals surface area (Å²) in [6, 6.07) is 5.08. The van der Waals surface area contributed by atoms with E-state index >= 15 is 0 Å². The molecule has 2 aromatic rings. The highest BCUT2D eigenvalue weighted by molar-refractivity contribution is 7.44. The topological polar surface area (TPSA) is 76.5 Å². The van der Waals surface area contributed by atoms with Crippen molar-refractivity contribution >= 4 is 26.1 Å². The van der Waals surface area contributed by atoms with E-state index in [1.807, 2.05) is 29.8 Å². The molecule has 36 heavy (non-hydrogen) atoms. The van der Waals surface area contributed by atoms with Crippen LogP contribution in [0.3, 0.4) is 0 Å².